The van der Waals surface area contributed by atoms with Crippen LogP contribution in [0.3, 0.4) is 0 Å². The average Bonchev–Trinajstić information content (AvgIpc) is 2.45. The van der Waals surface area contributed by atoms with Crippen molar-refractivity contribution in [3.05, 3.63) is 24.0 Å². The fourth-order valence-electron chi connectivity index (χ4n) is 1.57. The van der Waals surface area contributed by atoms with Crippen molar-refractivity contribution in [2.45, 2.75) is 33.2 Å². The molecular weight excluding hydrogens is 256 g/mol. The molecule has 1 aromatic heterocycles. The van der Waals surface area contributed by atoms with E-state index in [1.807, 2.05) is 6.92 Å². The Kier molecular flexibility index (Phi) is 6.49. The van der Waals surface area contributed by atoms with Crippen molar-refractivity contribution in [3.63, 3.8) is 0 Å². The van der Waals surface area contributed by atoms with Gasteiger partial charge in [0.25, 0.3) is 5.91 Å². The van der Waals surface area contributed by atoms with Crippen molar-refractivity contribution in [2.24, 2.45) is 0 Å². The Balaban J connectivity index is 2.57. The molecule has 1 atom stereocenters. The lowest BCUT2D eigenvalue weighted by molar-refractivity contribution is -0.122. The van der Waals surface area contributed by atoms with Gasteiger partial charge in [-0.15, -0.1) is 0 Å². The van der Waals surface area contributed by atoms with Gasteiger partial charge in [-0.25, -0.2) is 4.98 Å². The van der Waals surface area contributed by atoms with Crippen molar-refractivity contribution < 1.29 is 9.59 Å². The number of hydrogen-bond acceptors (Lipinski definition) is 4. The third-order valence-electron chi connectivity index (χ3n) is 2.67. The van der Waals surface area contributed by atoms with E-state index >= 15 is 0 Å². The van der Waals surface area contributed by atoms with Gasteiger partial charge in [-0.3, -0.25) is 9.59 Å². The molecule has 0 spiro atoms. The highest BCUT2D eigenvalue weighted by molar-refractivity contribution is 5.96. The van der Waals surface area contributed by atoms with Gasteiger partial charge in [-0.1, -0.05) is 6.92 Å². The van der Waals surface area contributed by atoms with Crippen molar-refractivity contribution >= 4 is 17.5 Å². The smallest absolute Gasteiger partial charge is 0.270 e. The Bertz CT molecular complexity index is 445. The van der Waals surface area contributed by atoms with E-state index < -0.39 is 6.04 Å². The first-order chi connectivity index (χ1) is 9.58. The second-order valence-corrected chi connectivity index (χ2v) is 4.45. The molecule has 0 aromatic carbocycles. The summed E-state index contributed by atoms with van der Waals surface area (Å²) in [5.41, 5.74) is 1.17. The molecule has 0 bridgehead atoms. The molecular formula is C14H22N4O2. The van der Waals surface area contributed by atoms with Crippen molar-refractivity contribution in [2.75, 3.05) is 18.4 Å². The summed E-state index contributed by atoms with van der Waals surface area (Å²) in [7, 11) is 0. The summed E-state index contributed by atoms with van der Waals surface area (Å²) in [6.45, 7) is 6.94. The van der Waals surface area contributed by atoms with Crippen LogP contribution in [0.2, 0.25) is 0 Å². The second kappa shape index (κ2) is 8.14. The number of carbonyl (C=O) groups is 2. The molecule has 0 aliphatic rings. The largest absolute Gasteiger partial charge is 0.384 e. The predicted octanol–water partition coefficient (Wildman–Crippen LogP) is 1.16. The second-order valence-electron chi connectivity index (χ2n) is 4.45. The van der Waals surface area contributed by atoms with Crippen LogP contribution in [0.15, 0.2) is 18.3 Å². The first kappa shape index (κ1) is 15.9. The van der Waals surface area contributed by atoms with Crippen molar-refractivity contribution in [3.8, 4) is 0 Å². The van der Waals surface area contributed by atoms with Gasteiger partial charge in [-0.2, -0.15) is 0 Å². The third kappa shape index (κ3) is 4.87. The molecule has 0 saturated carbocycles. The molecule has 1 aromatic rings. The Labute approximate surface area is 119 Å². The number of nitrogens with zero attached hydrogens (tertiary/aromatic N) is 1. The number of likely N-dealkylation sites (N-methyl/N-ethyl adjacent to an activating group) is 1. The van der Waals surface area contributed by atoms with Gasteiger partial charge in [0.2, 0.25) is 5.91 Å². The van der Waals surface area contributed by atoms with E-state index in [1.165, 1.54) is 0 Å². The van der Waals surface area contributed by atoms with Crippen LogP contribution in [-0.4, -0.2) is 35.9 Å². The first-order valence-corrected chi connectivity index (χ1v) is 6.87. The minimum Gasteiger partial charge on any atom is -0.384 e. The Morgan fingerprint density at radius 1 is 1.30 bits per heavy atom. The van der Waals surface area contributed by atoms with Crippen LogP contribution in [0, 0.1) is 0 Å². The maximum absolute atomic E-state index is 11.9. The number of pyridine rings is 1. The molecule has 6 heteroatoms. The zero-order chi connectivity index (χ0) is 15.0. The van der Waals surface area contributed by atoms with Gasteiger partial charge in [0.05, 0.1) is 11.9 Å². The Morgan fingerprint density at radius 3 is 2.60 bits per heavy atom. The number of rotatable bonds is 7. The van der Waals surface area contributed by atoms with E-state index in [0.29, 0.717) is 12.2 Å². The summed E-state index contributed by atoms with van der Waals surface area (Å²) in [4.78, 5) is 27.5. The molecule has 0 radical (unpaired) electrons. The standard InChI is InChI=1S/C14H22N4O2/c1-4-8-16-11-6-7-12(17-9-11)14(20)18-10(3)13(19)15-5-2/h6-7,9-10,16H,4-5,8H2,1-3H3,(H,15,19)(H,18,20). The molecule has 110 valence electrons. The van der Waals surface area contributed by atoms with Crippen LogP contribution >= 0.6 is 0 Å². The normalized spacial score (nSPS) is 11.6. The SMILES string of the molecule is CCCNc1ccc(C(=O)NC(C)C(=O)NCC)nc1. The summed E-state index contributed by atoms with van der Waals surface area (Å²) in [6.07, 6.45) is 2.63. The van der Waals surface area contributed by atoms with Gasteiger partial charge in [0.1, 0.15) is 11.7 Å². The van der Waals surface area contributed by atoms with E-state index in [1.54, 1.807) is 25.3 Å². The molecule has 2 amide bonds. The van der Waals surface area contributed by atoms with Crippen LogP contribution in [0.25, 0.3) is 0 Å². The molecule has 1 heterocycles. The van der Waals surface area contributed by atoms with E-state index in [-0.39, 0.29) is 11.8 Å². The molecule has 0 fully saturated rings. The molecule has 0 aliphatic carbocycles. The van der Waals surface area contributed by atoms with Crippen LogP contribution in [-0.2, 0) is 4.79 Å². The predicted molar refractivity (Wildman–Crippen MR) is 78.6 cm³/mol. The number of hydrogen-bond donors (Lipinski definition) is 3. The van der Waals surface area contributed by atoms with E-state index in [9.17, 15) is 9.59 Å². The molecule has 20 heavy (non-hydrogen) atoms. The minimum absolute atomic E-state index is 0.206. The molecule has 3 N–H and O–H groups in total. The Morgan fingerprint density at radius 2 is 2.05 bits per heavy atom. The number of anilines is 1. The highest BCUT2D eigenvalue weighted by Gasteiger charge is 2.16. The summed E-state index contributed by atoms with van der Waals surface area (Å²) in [5, 5.41) is 8.44. The van der Waals surface area contributed by atoms with Crippen molar-refractivity contribution in [1.82, 2.24) is 15.6 Å². The number of carbonyl (C=O) groups excluding carboxylic acids is 2. The van der Waals surface area contributed by atoms with Gasteiger partial charge < -0.3 is 16.0 Å². The van der Waals surface area contributed by atoms with Gasteiger partial charge in [0.15, 0.2) is 0 Å². The van der Waals surface area contributed by atoms with Gasteiger partial charge >= 0.3 is 0 Å². The quantitative estimate of drug-likeness (QED) is 0.699. The summed E-state index contributed by atoms with van der Waals surface area (Å²) >= 11 is 0. The summed E-state index contributed by atoms with van der Waals surface area (Å²) in [5.74, 6) is -0.562. The van der Waals surface area contributed by atoms with E-state index in [2.05, 4.69) is 27.9 Å². The number of nitrogens with one attached hydrogen (secondary N) is 3. The molecule has 1 rings (SSSR count). The number of aromatic nitrogens is 1. The van der Waals surface area contributed by atoms with Gasteiger partial charge in [-0.05, 0) is 32.4 Å². The lowest BCUT2D eigenvalue weighted by atomic mass is 10.2. The topological polar surface area (TPSA) is 83.1 Å². The van der Waals surface area contributed by atoms with Crippen molar-refractivity contribution in [1.29, 1.82) is 0 Å². The lowest BCUT2D eigenvalue weighted by Crippen LogP contribution is -2.44. The molecule has 0 saturated heterocycles. The summed E-state index contributed by atoms with van der Waals surface area (Å²) in [6, 6.07) is 2.86. The maximum atomic E-state index is 11.9. The maximum Gasteiger partial charge on any atom is 0.270 e. The zero-order valence-corrected chi connectivity index (χ0v) is 12.2. The Hall–Kier alpha value is -2.11. The fourth-order valence-corrected chi connectivity index (χ4v) is 1.57. The first-order valence-electron chi connectivity index (χ1n) is 6.87. The highest BCUT2D eigenvalue weighted by atomic mass is 16.2. The lowest BCUT2D eigenvalue weighted by Gasteiger charge is -2.13. The van der Waals surface area contributed by atoms with Crippen LogP contribution in [0.5, 0.6) is 0 Å². The number of amides is 2. The molecule has 1 unspecified atom stereocenters. The minimum atomic E-state index is -0.581. The van der Waals surface area contributed by atoms with E-state index in [0.717, 1.165) is 18.7 Å². The zero-order valence-electron chi connectivity index (χ0n) is 12.2. The van der Waals surface area contributed by atoms with Crippen LogP contribution in [0.1, 0.15) is 37.7 Å². The third-order valence-corrected chi connectivity index (χ3v) is 2.67. The van der Waals surface area contributed by atoms with Crippen LogP contribution in [0.4, 0.5) is 5.69 Å². The fraction of sp³-hybridized carbons (Fsp3) is 0.500. The van der Waals surface area contributed by atoms with Gasteiger partial charge in [0, 0.05) is 13.1 Å². The van der Waals surface area contributed by atoms with E-state index in [4.69, 9.17) is 0 Å². The highest BCUT2D eigenvalue weighted by Crippen LogP contribution is 2.06. The monoisotopic (exact) mass is 278 g/mol. The molecule has 0 aliphatic heterocycles. The average molecular weight is 278 g/mol. The summed E-state index contributed by atoms with van der Waals surface area (Å²) < 4.78 is 0. The molecule has 6 nitrogen and oxygen atoms in total. The van der Waals surface area contributed by atoms with Crippen LogP contribution < -0.4 is 16.0 Å².